The van der Waals surface area contributed by atoms with Gasteiger partial charge in [0.05, 0.1) is 0 Å². The van der Waals surface area contributed by atoms with Gasteiger partial charge in [-0.05, 0) is 13.8 Å². The molecular formula is C8H12ClN3. The monoisotopic (exact) mass is 185 g/mol. The summed E-state index contributed by atoms with van der Waals surface area (Å²) >= 11 is 5.73. The fraction of sp³-hybridized carbons (Fsp3) is 0.500. The van der Waals surface area contributed by atoms with Crippen molar-refractivity contribution >= 4 is 17.4 Å². The van der Waals surface area contributed by atoms with Gasteiger partial charge in [-0.3, -0.25) is 0 Å². The standard InChI is InChI=1S/C8H12ClN3/c1-3-12(4-2)8-5-7(9)10-6-11-8/h5-6H,3-4H2,1-2H3. The number of aromatic nitrogens is 2. The summed E-state index contributed by atoms with van der Waals surface area (Å²) in [5, 5.41) is 0.493. The van der Waals surface area contributed by atoms with Crippen molar-refractivity contribution in [3.8, 4) is 0 Å². The van der Waals surface area contributed by atoms with Crippen molar-refractivity contribution in [1.82, 2.24) is 9.97 Å². The summed E-state index contributed by atoms with van der Waals surface area (Å²) in [6.45, 7) is 6.03. The van der Waals surface area contributed by atoms with Gasteiger partial charge in [0.2, 0.25) is 0 Å². The van der Waals surface area contributed by atoms with Crippen LogP contribution < -0.4 is 4.90 Å². The summed E-state index contributed by atoms with van der Waals surface area (Å²) in [4.78, 5) is 10.0. The zero-order valence-electron chi connectivity index (χ0n) is 7.29. The highest BCUT2D eigenvalue weighted by Crippen LogP contribution is 2.12. The average Bonchev–Trinajstić information content (AvgIpc) is 2.07. The highest BCUT2D eigenvalue weighted by atomic mass is 35.5. The highest BCUT2D eigenvalue weighted by molar-refractivity contribution is 6.29. The van der Waals surface area contributed by atoms with Crippen LogP contribution in [-0.2, 0) is 0 Å². The van der Waals surface area contributed by atoms with Gasteiger partial charge in [0.15, 0.2) is 0 Å². The summed E-state index contributed by atoms with van der Waals surface area (Å²) in [5.41, 5.74) is 0. The number of nitrogens with zero attached hydrogens (tertiary/aromatic N) is 3. The van der Waals surface area contributed by atoms with E-state index < -0.39 is 0 Å². The highest BCUT2D eigenvalue weighted by Gasteiger charge is 2.02. The quantitative estimate of drug-likeness (QED) is 0.675. The van der Waals surface area contributed by atoms with Crippen LogP contribution in [0.25, 0.3) is 0 Å². The Morgan fingerprint density at radius 1 is 1.33 bits per heavy atom. The first-order valence-corrected chi connectivity index (χ1v) is 4.38. The first kappa shape index (κ1) is 9.26. The van der Waals surface area contributed by atoms with Gasteiger partial charge < -0.3 is 4.90 Å². The normalized spacial score (nSPS) is 9.92. The van der Waals surface area contributed by atoms with Gasteiger partial charge in [-0.2, -0.15) is 0 Å². The maximum Gasteiger partial charge on any atom is 0.134 e. The summed E-state index contributed by atoms with van der Waals surface area (Å²) in [6.07, 6.45) is 1.48. The van der Waals surface area contributed by atoms with Gasteiger partial charge in [0, 0.05) is 19.2 Å². The van der Waals surface area contributed by atoms with Crippen molar-refractivity contribution in [1.29, 1.82) is 0 Å². The summed E-state index contributed by atoms with van der Waals surface area (Å²) in [5.74, 6) is 0.889. The molecule has 0 amide bonds. The third-order valence-electron chi connectivity index (χ3n) is 1.71. The summed E-state index contributed by atoms with van der Waals surface area (Å²) in [7, 11) is 0. The van der Waals surface area contributed by atoms with Gasteiger partial charge in [-0.15, -0.1) is 0 Å². The smallest absolute Gasteiger partial charge is 0.134 e. The van der Waals surface area contributed by atoms with E-state index in [1.165, 1.54) is 6.33 Å². The molecule has 0 radical (unpaired) electrons. The van der Waals surface area contributed by atoms with Crippen LogP contribution in [0.4, 0.5) is 5.82 Å². The lowest BCUT2D eigenvalue weighted by atomic mass is 10.4. The van der Waals surface area contributed by atoms with Crippen molar-refractivity contribution in [2.24, 2.45) is 0 Å². The zero-order chi connectivity index (χ0) is 8.97. The molecule has 66 valence electrons. The Hall–Kier alpha value is -0.830. The first-order valence-electron chi connectivity index (χ1n) is 4.00. The average molecular weight is 186 g/mol. The molecule has 0 spiro atoms. The van der Waals surface area contributed by atoms with Crippen LogP contribution in [0.2, 0.25) is 5.15 Å². The van der Waals surface area contributed by atoms with Crippen LogP contribution >= 0.6 is 11.6 Å². The van der Waals surface area contributed by atoms with E-state index >= 15 is 0 Å². The SMILES string of the molecule is CCN(CC)c1cc(Cl)ncn1. The largest absolute Gasteiger partial charge is 0.357 e. The van der Waals surface area contributed by atoms with Crippen LogP contribution in [0.1, 0.15) is 13.8 Å². The van der Waals surface area contributed by atoms with Crippen molar-refractivity contribution in [3.05, 3.63) is 17.5 Å². The van der Waals surface area contributed by atoms with E-state index in [2.05, 4.69) is 28.7 Å². The van der Waals surface area contributed by atoms with Gasteiger partial charge in [-0.1, -0.05) is 11.6 Å². The van der Waals surface area contributed by atoms with Crippen LogP contribution in [0.5, 0.6) is 0 Å². The molecule has 12 heavy (non-hydrogen) atoms. The fourth-order valence-corrected chi connectivity index (χ4v) is 1.19. The van der Waals surface area contributed by atoms with Gasteiger partial charge in [0.25, 0.3) is 0 Å². The maximum absolute atomic E-state index is 5.73. The summed E-state index contributed by atoms with van der Waals surface area (Å²) < 4.78 is 0. The maximum atomic E-state index is 5.73. The zero-order valence-corrected chi connectivity index (χ0v) is 8.04. The molecule has 0 aliphatic rings. The van der Waals surface area contributed by atoms with Crippen LogP contribution in [0.15, 0.2) is 12.4 Å². The fourth-order valence-electron chi connectivity index (χ4n) is 1.04. The van der Waals surface area contributed by atoms with Crippen molar-refractivity contribution in [2.75, 3.05) is 18.0 Å². The third kappa shape index (κ3) is 2.08. The van der Waals surface area contributed by atoms with Crippen LogP contribution in [0, 0.1) is 0 Å². The first-order chi connectivity index (χ1) is 5.77. The Kier molecular flexibility index (Phi) is 3.29. The number of hydrogen-bond acceptors (Lipinski definition) is 3. The molecule has 0 aromatic carbocycles. The Balaban J connectivity index is 2.85. The second-order valence-corrected chi connectivity index (χ2v) is 2.76. The predicted molar refractivity (Wildman–Crippen MR) is 50.6 cm³/mol. The number of rotatable bonds is 3. The van der Waals surface area contributed by atoms with Crippen molar-refractivity contribution < 1.29 is 0 Å². The van der Waals surface area contributed by atoms with Gasteiger partial charge in [0.1, 0.15) is 17.3 Å². The number of anilines is 1. The molecule has 1 aromatic heterocycles. The number of hydrogen-bond donors (Lipinski definition) is 0. The van der Waals surface area contributed by atoms with Crippen LogP contribution in [0.3, 0.4) is 0 Å². The molecular weight excluding hydrogens is 174 g/mol. The lowest BCUT2D eigenvalue weighted by molar-refractivity contribution is 0.841. The van der Waals surface area contributed by atoms with E-state index in [1.807, 2.05) is 0 Å². The lowest BCUT2D eigenvalue weighted by Crippen LogP contribution is -2.22. The van der Waals surface area contributed by atoms with Crippen molar-refractivity contribution in [3.63, 3.8) is 0 Å². The molecule has 0 atom stereocenters. The van der Waals surface area contributed by atoms with Gasteiger partial charge >= 0.3 is 0 Å². The lowest BCUT2D eigenvalue weighted by Gasteiger charge is -2.18. The molecule has 0 N–H and O–H groups in total. The molecule has 0 saturated heterocycles. The number of halogens is 1. The molecule has 0 aliphatic heterocycles. The molecule has 1 heterocycles. The van der Waals surface area contributed by atoms with E-state index in [9.17, 15) is 0 Å². The predicted octanol–water partition coefficient (Wildman–Crippen LogP) is 1.98. The molecule has 1 aromatic rings. The molecule has 0 bridgehead atoms. The van der Waals surface area contributed by atoms with E-state index in [1.54, 1.807) is 6.07 Å². The molecule has 1 rings (SSSR count). The Labute approximate surface area is 77.4 Å². The minimum atomic E-state index is 0.493. The molecule has 3 nitrogen and oxygen atoms in total. The Morgan fingerprint density at radius 2 is 2.00 bits per heavy atom. The van der Waals surface area contributed by atoms with E-state index in [0.717, 1.165) is 18.9 Å². The molecule has 0 fully saturated rings. The molecule has 0 aliphatic carbocycles. The van der Waals surface area contributed by atoms with Crippen molar-refractivity contribution in [2.45, 2.75) is 13.8 Å². The second kappa shape index (κ2) is 4.26. The third-order valence-corrected chi connectivity index (χ3v) is 1.91. The minimum Gasteiger partial charge on any atom is -0.357 e. The topological polar surface area (TPSA) is 29.0 Å². The Morgan fingerprint density at radius 3 is 2.50 bits per heavy atom. The minimum absolute atomic E-state index is 0.493. The second-order valence-electron chi connectivity index (χ2n) is 2.37. The van der Waals surface area contributed by atoms with Gasteiger partial charge in [-0.25, -0.2) is 9.97 Å². The van der Waals surface area contributed by atoms with E-state index in [0.29, 0.717) is 5.15 Å². The summed E-state index contributed by atoms with van der Waals surface area (Å²) in [6, 6.07) is 1.77. The van der Waals surface area contributed by atoms with Crippen LogP contribution in [-0.4, -0.2) is 23.1 Å². The molecule has 4 heteroatoms. The molecule has 0 saturated carbocycles. The van der Waals surface area contributed by atoms with E-state index in [4.69, 9.17) is 11.6 Å². The molecule has 0 unspecified atom stereocenters. The Bertz CT molecular complexity index is 248. The van der Waals surface area contributed by atoms with E-state index in [-0.39, 0.29) is 0 Å².